The van der Waals surface area contributed by atoms with Crippen molar-refractivity contribution in [1.29, 1.82) is 0 Å². The molecule has 6 heteroatoms. The summed E-state index contributed by atoms with van der Waals surface area (Å²) in [5.74, 6) is 1.69. The number of non-ortho nitro benzene ring substituents is 1. The zero-order valence-corrected chi connectivity index (χ0v) is 19.5. The first-order valence-electron chi connectivity index (χ1n) is 10.8. The molecule has 0 aliphatic carbocycles. The van der Waals surface area contributed by atoms with Gasteiger partial charge in [-0.15, -0.1) is 0 Å². The van der Waals surface area contributed by atoms with E-state index < -0.39 is 0 Å². The van der Waals surface area contributed by atoms with Crippen LogP contribution in [0.5, 0.6) is 11.5 Å². The number of pyridine rings is 1. The first-order valence-corrected chi connectivity index (χ1v) is 10.8. The monoisotopic (exact) mass is 443 g/mol. The number of benzene rings is 3. The van der Waals surface area contributed by atoms with Crippen LogP contribution in [0.2, 0.25) is 0 Å². The minimum Gasteiger partial charge on any atom is -0.493 e. The van der Waals surface area contributed by atoms with E-state index in [2.05, 4.69) is 48.7 Å². The van der Waals surface area contributed by atoms with Crippen molar-refractivity contribution in [2.75, 3.05) is 14.2 Å². The third kappa shape index (κ3) is 4.12. The number of methoxy groups -OCH3 is 2. The molecule has 1 aromatic heterocycles. The third-order valence-electron chi connectivity index (χ3n) is 5.90. The van der Waals surface area contributed by atoms with Crippen molar-refractivity contribution in [3.8, 4) is 28.4 Å². The van der Waals surface area contributed by atoms with Gasteiger partial charge in [-0.25, -0.2) is 0 Å². The largest absolute Gasteiger partial charge is 0.493 e. The van der Waals surface area contributed by atoms with E-state index in [9.17, 15) is 10.1 Å². The zero-order valence-electron chi connectivity index (χ0n) is 19.5. The van der Waals surface area contributed by atoms with Crippen LogP contribution in [0.3, 0.4) is 0 Å². The maximum absolute atomic E-state index is 11.5. The molecule has 0 fully saturated rings. The molecule has 1 heterocycles. The van der Waals surface area contributed by atoms with Crippen LogP contribution in [0.25, 0.3) is 27.7 Å². The maximum atomic E-state index is 11.5. The molecule has 0 bridgehead atoms. The van der Waals surface area contributed by atoms with Gasteiger partial charge in [-0.05, 0) is 47.2 Å². The molecule has 0 saturated heterocycles. The Morgan fingerprint density at radius 2 is 1.58 bits per heavy atom. The third-order valence-corrected chi connectivity index (χ3v) is 5.90. The molecule has 33 heavy (non-hydrogen) atoms. The molecule has 3 aromatic carbocycles. The predicted octanol–water partition coefficient (Wildman–Crippen LogP) is 6.14. The van der Waals surface area contributed by atoms with E-state index in [1.165, 1.54) is 11.6 Å². The van der Waals surface area contributed by atoms with Crippen LogP contribution in [-0.2, 0) is 0 Å². The molecule has 4 rings (SSSR count). The molecule has 0 atom stereocenters. The minimum atomic E-state index is -0.370. The fraction of sp³-hybridized carbons (Fsp3) is 0.222. The average Bonchev–Trinajstić information content (AvgIpc) is 2.82. The summed E-state index contributed by atoms with van der Waals surface area (Å²) in [6.07, 6.45) is 0. The highest BCUT2D eigenvalue weighted by molar-refractivity contribution is 5.95. The number of nitrogens with zero attached hydrogens (tertiary/aromatic N) is 2. The van der Waals surface area contributed by atoms with E-state index in [0.717, 1.165) is 33.4 Å². The molecule has 0 unspecified atom stereocenters. The second-order valence-electron chi connectivity index (χ2n) is 8.32. The number of nitro benzene ring substituents is 1. The van der Waals surface area contributed by atoms with E-state index in [1.807, 2.05) is 25.1 Å². The lowest BCUT2D eigenvalue weighted by Crippen LogP contribution is -2.37. The number of ether oxygens (including phenoxy) is 2. The number of fused-ring (bicyclic) bond motifs is 1. The topological polar surface area (TPSA) is 65.5 Å². The van der Waals surface area contributed by atoms with Crippen molar-refractivity contribution >= 4 is 16.5 Å². The summed E-state index contributed by atoms with van der Waals surface area (Å²) in [4.78, 5) is 11.1. The summed E-state index contributed by atoms with van der Waals surface area (Å²) in [5.41, 5.74) is 4.90. The molecule has 0 N–H and O–H groups in total. The molecular formula is C27H27N2O4+. The van der Waals surface area contributed by atoms with E-state index in [0.29, 0.717) is 17.4 Å². The summed E-state index contributed by atoms with van der Waals surface area (Å²) in [5, 5.41) is 13.4. The molecule has 0 aliphatic heterocycles. The van der Waals surface area contributed by atoms with Gasteiger partial charge in [0.05, 0.1) is 30.6 Å². The Hall–Kier alpha value is -3.93. The lowest BCUT2D eigenvalue weighted by Gasteiger charge is -2.14. The summed E-state index contributed by atoms with van der Waals surface area (Å²) in [6.45, 7) is 6.33. The van der Waals surface area contributed by atoms with E-state index in [4.69, 9.17) is 9.47 Å². The Bertz CT molecular complexity index is 1340. The smallest absolute Gasteiger partial charge is 0.276 e. The minimum absolute atomic E-state index is 0.0490. The van der Waals surface area contributed by atoms with Crippen molar-refractivity contribution in [3.63, 3.8) is 0 Å². The highest BCUT2D eigenvalue weighted by Gasteiger charge is 2.26. The van der Waals surface area contributed by atoms with Crippen LogP contribution in [0.1, 0.15) is 31.0 Å². The number of hydrogen-bond acceptors (Lipinski definition) is 4. The van der Waals surface area contributed by atoms with Crippen LogP contribution >= 0.6 is 0 Å². The van der Waals surface area contributed by atoms with Crippen LogP contribution in [0.15, 0.2) is 66.7 Å². The van der Waals surface area contributed by atoms with Gasteiger partial charge in [-0.2, -0.15) is 4.57 Å². The predicted molar refractivity (Wildman–Crippen MR) is 130 cm³/mol. The van der Waals surface area contributed by atoms with Crippen molar-refractivity contribution < 1.29 is 19.0 Å². The van der Waals surface area contributed by atoms with Gasteiger partial charge in [0.2, 0.25) is 11.4 Å². The maximum Gasteiger partial charge on any atom is 0.276 e. The highest BCUT2D eigenvalue weighted by Crippen LogP contribution is 2.37. The molecule has 0 radical (unpaired) electrons. The van der Waals surface area contributed by atoms with Crippen molar-refractivity contribution in [2.24, 2.45) is 0 Å². The van der Waals surface area contributed by atoms with Gasteiger partial charge in [0, 0.05) is 30.7 Å². The first kappa shape index (κ1) is 22.3. The molecule has 4 aromatic rings. The number of aromatic nitrogens is 1. The van der Waals surface area contributed by atoms with E-state index >= 15 is 0 Å². The molecule has 0 amide bonds. The Morgan fingerprint density at radius 1 is 0.909 bits per heavy atom. The van der Waals surface area contributed by atoms with Gasteiger partial charge < -0.3 is 9.47 Å². The van der Waals surface area contributed by atoms with E-state index in [1.54, 1.807) is 26.4 Å². The van der Waals surface area contributed by atoms with Crippen LogP contribution in [0, 0.1) is 17.0 Å². The fourth-order valence-electron chi connectivity index (χ4n) is 4.19. The Labute approximate surface area is 193 Å². The Morgan fingerprint density at radius 3 is 2.18 bits per heavy atom. The van der Waals surface area contributed by atoms with Crippen LogP contribution in [-0.4, -0.2) is 19.1 Å². The van der Waals surface area contributed by atoms with Crippen molar-refractivity contribution in [1.82, 2.24) is 0 Å². The highest BCUT2D eigenvalue weighted by atomic mass is 16.6. The molecule has 0 spiro atoms. The van der Waals surface area contributed by atoms with Gasteiger partial charge in [-0.3, -0.25) is 10.1 Å². The molecule has 6 nitrogen and oxygen atoms in total. The quantitative estimate of drug-likeness (QED) is 0.204. The normalized spacial score (nSPS) is 11.1. The zero-order chi connectivity index (χ0) is 23.7. The standard InChI is InChI=1S/C27H27N2O4/c1-17(2)19-9-11-20(12-10-19)27-24-16-26(33-5)25(32-4)14-21(24)13-18(3)28(27)22-7-6-8-23(15-22)29(30)31/h6-17H,1-5H3/q+1. The summed E-state index contributed by atoms with van der Waals surface area (Å²) in [6, 6.07) is 21.2. The van der Waals surface area contributed by atoms with E-state index in [-0.39, 0.29) is 10.6 Å². The SMILES string of the molecule is COc1cc2cc(C)[n+](-c3cccc([N+](=O)[O-])c3)c(-c3ccc(C(C)C)cc3)c2cc1OC. The summed E-state index contributed by atoms with van der Waals surface area (Å²) in [7, 11) is 3.23. The number of aryl methyl sites for hydroxylation is 1. The Kier molecular flexibility index (Phi) is 6.01. The van der Waals surface area contributed by atoms with Crippen LogP contribution < -0.4 is 14.0 Å². The van der Waals surface area contributed by atoms with Gasteiger partial charge >= 0.3 is 0 Å². The van der Waals surface area contributed by atoms with Crippen LogP contribution in [0.4, 0.5) is 5.69 Å². The fourth-order valence-corrected chi connectivity index (χ4v) is 4.19. The van der Waals surface area contributed by atoms with Gasteiger partial charge in [0.1, 0.15) is 0 Å². The number of hydrogen-bond donors (Lipinski definition) is 0. The van der Waals surface area contributed by atoms with Gasteiger partial charge in [0.25, 0.3) is 5.69 Å². The van der Waals surface area contributed by atoms with Crippen molar-refractivity contribution in [3.05, 3.63) is 88.1 Å². The number of nitro groups is 1. The van der Waals surface area contributed by atoms with Gasteiger partial charge in [-0.1, -0.05) is 26.0 Å². The lowest BCUT2D eigenvalue weighted by molar-refractivity contribution is -0.590. The Balaban J connectivity index is 2.10. The molecular weight excluding hydrogens is 416 g/mol. The van der Waals surface area contributed by atoms with Gasteiger partial charge in [0.15, 0.2) is 17.2 Å². The molecule has 0 aliphatic rings. The second kappa shape index (κ2) is 8.90. The van der Waals surface area contributed by atoms with Crippen molar-refractivity contribution in [2.45, 2.75) is 26.7 Å². The second-order valence-corrected chi connectivity index (χ2v) is 8.32. The lowest BCUT2D eigenvalue weighted by atomic mass is 9.97. The molecule has 168 valence electrons. The molecule has 0 saturated carbocycles. The summed E-state index contributed by atoms with van der Waals surface area (Å²) < 4.78 is 13.2. The average molecular weight is 444 g/mol. The number of rotatable bonds is 6. The first-order chi connectivity index (χ1) is 15.8. The summed E-state index contributed by atoms with van der Waals surface area (Å²) >= 11 is 0.